The van der Waals surface area contributed by atoms with Crippen LogP contribution in [0.5, 0.6) is 5.75 Å². The molecule has 0 saturated carbocycles. The van der Waals surface area contributed by atoms with E-state index in [2.05, 4.69) is 36.2 Å². The molecule has 0 bridgehead atoms. The van der Waals surface area contributed by atoms with Gasteiger partial charge < -0.3 is 15.8 Å². The van der Waals surface area contributed by atoms with Gasteiger partial charge >= 0.3 is 0 Å². The fourth-order valence-electron chi connectivity index (χ4n) is 4.22. The minimum absolute atomic E-state index is 0.00302. The Morgan fingerprint density at radius 3 is 2.44 bits per heavy atom. The monoisotopic (exact) mass is 595 g/mol. The van der Waals surface area contributed by atoms with Crippen molar-refractivity contribution in [2.24, 2.45) is 5.73 Å². The van der Waals surface area contributed by atoms with Crippen LogP contribution in [0, 0.1) is 6.92 Å². The number of hydrogen-bond donors (Lipinski definition) is 2. The summed E-state index contributed by atoms with van der Waals surface area (Å²) >= 11 is 2.25. The van der Waals surface area contributed by atoms with E-state index in [1.54, 1.807) is 12.3 Å². The van der Waals surface area contributed by atoms with Gasteiger partial charge in [-0.25, -0.2) is 18.4 Å². The number of aromatic nitrogens is 3. The second-order valence-electron chi connectivity index (χ2n) is 10.4. The van der Waals surface area contributed by atoms with Crippen molar-refractivity contribution < 1.29 is 23.1 Å². The Kier molecular flexibility index (Phi) is 7.62. The first-order valence-electron chi connectivity index (χ1n) is 12.6. The molecule has 0 aliphatic rings. The second-order valence-corrected chi connectivity index (χ2v) is 12.7. The van der Waals surface area contributed by atoms with Gasteiger partial charge in [-0.2, -0.15) is 5.10 Å². The van der Waals surface area contributed by atoms with Crippen LogP contribution in [0.2, 0.25) is 0 Å². The number of nitrogens with two attached hydrogens (primary N) is 1. The SMILES string of the molecule is Cc1ccc(-c2cc(C(F)F)nc3sc(C(N)=O)c(NC(=O)c4ccn(COc5ccc(C(C)(C)C)cc5)n4)c23)s1. The van der Waals surface area contributed by atoms with E-state index >= 15 is 0 Å². The molecule has 8 nitrogen and oxygen atoms in total. The maximum atomic E-state index is 13.7. The highest BCUT2D eigenvalue weighted by Gasteiger charge is 2.26. The lowest BCUT2D eigenvalue weighted by molar-refractivity contribution is 0.100. The van der Waals surface area contributed by atoms with Crippen molar-refractivity contribution in [3.05, 3.63) is 81.4 Å². The Hall–Kier alpha value is -4.16. The van der Waals surface area contributed by atoms with Crippen LogP contribution >= 0.6 is 22.7 Å². The van der Waals surface area contributed by atoms with Crippen molar-refractivity contribution in [1.29, 1.82) is 0 Å². The zero-order chi connectivity index (χ0) is 29.5. The Balaban J connectivity index is 1.42. The molecule has 0 unspecified atom stereocenters. The number of benzene rings is 1. The van der Waals surface area contributed by atoms with Crippen LogP contribution in [0.1, 0.15) is 63.5 Å². The number of hydrogen-bond acceptors (Lipinski definition) is 7. The van der Waals surface area contributed by atoms with Crippen LogP contribution in [0.3, 0.4) is 0 Å². The minimum atomic E-state index is -2.82. The molecule has 0 atom stereocenters. The number of nitrogens with one attached hydrogen (secondary N) is 1. The molecule has 0 radical (unpaired) electrons. The number of halogens is 2. The van der Waals surface area contributed by atoms with E-state index in [1.807, 2.05) is 37.3 Å². The fraction of sp³-hybridized carbons (Fsp3) is 0.241. The molecule has 2 amide bonds. The molecule has 5 rings (SSSR count). The van der Waals surface area contributed by atoms with E-state index in [-0.39, 0.29) is 33.2 Å². The van der Waals surface area contributed by atoms with E-state index in [1.165, 1.54) is 33.7 Å². The number of nitrogens with zero attached hydrogens (tertiary/aromatic N) is 3. The van der Waals surface area contributed by atoms with E-state index in [0.717, 1.165) is 16.2 Å². The molecule has 41 heavy (non-hydrogen) atoms. The first kappa shape index (κ1) is 28.4. The predicted octanol–water partition coefficient (Wildman–Crippen LogP) is 7.15. The summed E-state index contributed by atoms with van der Waals surface area (Å²) in [6.45, 7) is 8.35. The topological polar surface area (TPSA) is 112 Å². The first-order chi connectivity index (χ1) is 19.4. The zero-order valence-electron chi connectivity index (χ0n) is 22.7. The number of anilines is 1. The molecule has 4 heterocycles. The summed E-state index contributed by atoms with van der Waals surface area (Å²) in [7, 11) is 0. The zero-order valence-corrected chi connectivity index (χ0v) is 24.3. The van der Waals surface area contributed by atoms with Gasteiger partial charge in [0.05, 0.1) is 5.69 Å². The Morgan fingerprint density at radius 1 is 1.10 bits per heavy atom. The molecule has 212 valence electrons. The van der Waals surface area contributed by atoms with Crippen LogP contribution in [-0.4, -0.2) is 26.6 Å². The van der Waals surface area contributed by atoms with E-state index in [4.69, 9.17) is 10.5 Å². The molecule has 0 aliphatic carbocycles. The summed E-state index contributed by atoms with van der Waals surface area (Å²) < 4.78 is 34.7. The highest BCUT2D eigenvalue weighted by atomic mass is 32.1. The Labute approximate surface area is 242 Å². The fourth-order valence-corrected chi connectivity index (χ4v) is 6.12. The number of thiophene rings is 2. The average molecular weight is 596 g/mol. The second kappa shape index (κ2) is 11.0. The van der Waals surface area contributed by atoms with Gasteiger partial charge in [0.25, 0.3) is 18.2 Å². The molecule has 3 N–H and O–H groups in total. The van der Waals surface area contributed by atoms with Gasteiger partial charge in [-0.15, -0.1) is 22.7 Å². The van der Waals surface area contributed by atoms with Crippen molar-refractivity contribution in [2.45, 2.75) is 46.3 Å². The van der Waals surface area contributed by atoms with Gasteiger partial charge in [-0.05, 0) is 54.3 Å². The molecule has 1 aromatic carbocycles. The lowest BCUT2D eigenvalue weighted by atomic mass is 9.87. The van der Waals surface area contributed by atoms with Gasteiger partial charge in [0.15, 0.2) is 12.4 Å². The number of carbonyl (C=O) groups excluding carboxylic acids is 2. The molecule has 0 aliphatic heterocycles. The molecule has 0 saturated heterocycles. The third-order valence-electron chi connectivity index (χ3n) is 6.33. The molecule has 0 spiro atoms. The summed E-state index contributed by atoms with van der Waals surface area (Å²) in [5, 5.41) is 7.39. The van der Waals surface area contributed by atoms with Crippen molar-refractivity contribution in [2.75, 3.05) is 5.32 Å². The summed E-state index contributed by atoms with van der Waals surface area (Å²) in [5.74, 6) is -0.763. The van der Waals surface area contributed by atoms with Crippen LogP contribution in [0.25, 0.3) is 20.7 Å². The van der Waals surface area contributed by atoms with E-state index < -0.39 is 23.9 Å². The number of amides is 2. The van der Waals surface area contributed by atoms with E-state index in [0.29, 0.717) is 21.6 Å². The van der Waals surface area contributed by atoms with E-state index in [9.17, 15) is 18.4 Å². The smallest absolute Gasteiger partial charge is 0.280 e. The van der Waals surface area contributed by atoms with Gasteiger partial charge in [0.1, 0.15) is 21.2 Å². The third kappa shape index (κ3) is 5.98. The Morgan fingerprint density at radius 2 is 1.83 bits per heavy atom. The van der Waals surface area contributed by atoms with Crippen LogP contribution in [-0.2, 0) is 12.1 Å². The molecular weight excluding hydrogens is 568 g/mol. The molecule has 4 aromatic heterocycles. The highest BCUT2D eigenvalue weighted by Crippen LogP contribution is 2.44. The molecule has 12 heteroatoms. The third-order valence-corrected chi connectivity index (χ3v) is 8.46. The van der Waals surface area contributed by atoms with Crippen molar-refractivity contribution >= 4 is 50.4 Å². The van der Waals surface area contributed by atoms with Gasteiger partial charge in [0.2, 0.25) is 0 Å². The quantitative estimate of drug-likeness (QED) is 0.198. The standard InChI is InChI=1S/C29H27F2N5O3S2/c1-15-5-10-21(40-15)18-13-20(25(30)31)33-28-22(18)23(24(41-28)26(32)37)34-27(38)19-11-12-36(35-19)14-39-17-8-6-16(7-9-17)29(2,3)4/h5-13,25H,14H2,1-4H3,(H2,32,37)(H,34,38). The average Bonchev–Trinajstić information content (AvgIpc) is 3.65. The minimum Gasteiger partial charge on any atom is -0.471 e. The molecular formula is C29H27F2N5O3S2. The van der Waals surface area contributed by atoms with Crippen molar-refractivity contribution in [3.8, 4) is 16.2 Å². The lowest BCUT2D eigenvalue weighted by Crippen LogP contribution is -2.17. The number of fused-ring (bicyclic) bond motifs is 1. The van der Waals surface area contributed by atoms with Crippen LogP contribution < -0.4 is 15.8 Å². The van der Waals surface area contributed by atoms with Crippen LogP contribution in [0.15, 0.2) is 54.7 Å². The number of ether oxygens (including phenoxy) is 1. The summed E-state index contributed by atoms with van der Waals surface area (Å²) in [5.41, 5.74) is 7.01. The van der Waals surface area contributed by atoms with Gasteiger partial charge in [-0.1, -0.05) is 32.9 Å². The largest absolute Gasteiger partial charge is 0.471 e. The highest BCUT2D eigenvalue weighted by molar-refractivity contribution is 7.21. The molecule has 5 aromatic rings. The molecule has 0 fully saturated rings. The van der Waals surface area contributed by atoms with Crippen LogP contribution in [0.4, 0.5) is 14.5 Å². The first-order valence-corrected chi connectivity index (χ1v) is 14.2. The number of pyridine rings is 1. The summed E-state index contributed by atoms with van der Waals surface area (Å²) in [4.78, 5) is 31.5. The predicted molar refractivity (Wildman–Crippen MR) is 157 cm³/mol. The maximum absolute atomic E-state index is 13.7. The Bertz CT molecular complexity index is 1750. The number of carbonyl (C=O) groups is 2. The van der Waals surface area contributed by atoms with Crippen molar-refractivity contribution in [3.63, 3.8) is 0 Å². The van der Waals surface area contributed by atoms with Gasteiger partial charge in [0, 0.05) is 26.9 Å². The van der Waals surface area contributed by atoms with Gasteiger partial charge in [-0.3, -0.25) is 9.59 Å². The number of rotatable bonds is 8. The lowest BCUT2D eigenvalue weighted by Gasteiger charge is -2.19. The number of aryl methyl sites for hydroxylation is 1. The number of alkyl halides is 2. The number of primary amides is 1. The normalized spacial score (nSPS) is 11.8. The summed E-state index contributed by atoms with van der Waals surface area (Å²) in [6, 6.07) is 14.2. The summed E-state index contributed by atoms with van der Waals surface area (Å²) in [6.07, 6.45) is -1.23. The van der Waals surface area contributed by atoms with Crippen molar-refractivity contribution in [1.82, 2.24) is 14.8 Å². The maximum Gasteiger partial charge on any atom is 0.280 e.